The van der Waals surface area contributed by atoms with E-state index in [4.69, 9.17) is 5.73 Å². The van der Waals surface area contributed by atoms with Gasteiger partial charge >= 0.3 is 0 Å². The molecular formula is C25H40ClN3. The fourth-order valence-electron chi connectivity index (χ4n) is 3.41. The second-order valence-electron chi connectivity index (χ2n) is 7.95. The first-order valence-electron chi connectivity index (χ1n) is 10.9. The van der Waals surface area contributed by atoms with Crippen LogP contribution in [-0.2, 0) is 12.8 Å². The van der Waals surface area contributed by atoms with Crippen molar-refractivity contribution in [2.24, 2.45) is 5.73 Å². The number of benzene rings is 2. The molecule has 0 radical (unpaired) electrons. The first-order chi connectivity index (χ1) is 13.7. The highest BCUT2D eigenvalue weighted by molar-refractivity contribution is 5.85. The maximum atomic E-state index is 5.54. The van der Waals surface area contributed by atoms with Crippen LogP contribution in [0.4, 0.5) is 0 Å². The van der Waals surface area contributed by atoms with Crippen molar-refractivity contribution in [2.75, 3.05) is 26.2 Å². The van der Waals surface area contributed by atoms with E-state index in [1.807, 2.05) is 0 Å². The number of hydrogen-bond acceptors (Lipinski definition) is 3. The van der Waals surface area contributed by atoms with Crippen molar-refractivity contribution in [3.8, 4) is 0 Å². The van der Waals surface area contributed by atoms with Gasteiger partial charge in [-0.05, 0) is 89.7 Å². The molecule has 0 saturated heterocycles. The molecule has 4 N–H and O–H groups in total. The third-order valence-electron chi connectivity index (χ3n) is 5.33. The molecule has 2 aromatic carbocycles. The van der Waals surface area contributed by atoms with Gasteiger partial charge in [0.05, 0.1) is 0 Å². The fraction of sp³-hybridized carbons (Fsp3) is 0.520. The molecule has 0 aromatic heterocycles. The molecule has 2 rings (SSSR count). The molecule has 0 atom stereocenters. The maximum Gasteiger partial charge on any atom is 0.00734 e. The molecule has 29 heavy (non-hydrogen) atoms. The highest BCUT2D eigenvalue weighted by atomic mass is 35.5. The van der Waals surface area contributed by atoms with Crippen molar-refractivity contribution in [1.29, 1.82) is 0 Å². The minimum absolute atomic E-state index is 0. The Hall–Kier alpha value is -1.39. The van der Waals surface area contributed by atoms with Gasteiger partial charge in [-0.15, -0.1) is 12.4 Å². The molecule has 0 fully saturated rings. The summed E-state index contributed by atoms with van der Waals surface area (Å²) in [7, 11) is 0. The first kappa shape index (κ1) is 25.6. The van der Waals surface area contributed by atoms with E-state index >= 15 is 0 Å². The van der Waals surface area contributed by atoms with Crippen LogP contribution in [0.1, 0.15) is 47.9 Å². The lowest BCUT2D eigenvalue weighted by atomic mass is 9.98. The Balaban J connectivity index is 0.00000420. The molecule has 2 aromatic rings. The number of nitrogens with two attached hydrogens (primary N) is 1. The SMILES string of the molecule is Cc1ccc(CCC(CCc2ccc(C)cc2)NCCCNCCCN)cc1.Cl. The summed E-state index contributed by atoms with van der Waals surface area (Å²) in [5.74, 6) is 0. The van der Waals surface area contributed by atoms with Gasteiger partial charge in [-0.25, -0.2) is 0 Å². The zero-order chi connectivity index (χ0) is 20.0. The normalized spacial score (nSPS) is 10.9. The Kier molecular flexibility index (Phi) is 13.7. The quantitative estimate of drug-likeness (QED) is 0.394. The van der Waals surface area contributed by atoms with Gasteiger partial charge in [0.2, 0.25) is 0 Å². The number of aryl methyl sites for hydroxylation is 4. The van der Waals surface area contributed by atoms with Gasteiger partial charge in [-0.1, -0.05) is 59.7 Å². The summed E-state index contributed by atoms with van der Waals surface area (Å²) in [5, 5.41) is 7.28. The van der Waals surface area contributed by atoms with Gasteiger partial charge in [0.25, 0.3) is 0 Å². The van der Waals surface area contributed by atoms with Gasteiger partial charge in [-0.3, -0.25) is 0 Å². The standard InChI is InChI=1S/C25H39N3.ClH/c1-21-5-9-23(10-6-21)13-15-25(28-20-4-19-27-18-3-17-26)16-14-24-11-7-22(2)8-12-24;/h5-12,25,27-28H,3-4,13-20,26H2,1-2H3;1H. The summed E-state index contributed by atoms with van der Waals surface area (Å²) in [4.78, 5) is 0. The number of hydrogen-bond donors (Lipinski definition) is 3. The molecule has 3 nitrogen and oxygen atoms in total. The van der Waals surface area contributed by atoms with E-state index in [0.717, 1.165) is 51.9 Å². The van der Waals surface area contributed by atoms with Crippen LogP contribution in [0.5, 0.6) is 0 Å². The third kappa shape index (κ3) is 11.4. The summed E-state index contributed by atoms with van der Waals surface area (Å²) < 4.78 is 0. The summed E-state index contributed by atoms with van der Waals surface area (Å²) in [6.07, 6.45) is 6.88. The highest BCUT2D eigenvalue weighted by Gasteiger charge is 2.09. The molecule has 0 heterocycles. The average molecular weight is 418 g/mol. The monoisotopic (exact) mass is 417 g/mol. The highest BCUT2D eigenvalue weighted by Crippen LogP contribution is 2.13. The zero-order valence-corrected chi connectivity index (χ0v) is 19.1. The predicted octanol–water partition coefficient (Wildman–Crippen LogP) is 4.58. The number of halogens is 1. The van der Waals surface area contributed by atoms with Crippen LogP contribution in [0, 0.1) is 13.8 Å². The van der Waals surface area contributed by atoms with Crippen molar-refractivity contribution in [1.82, 2.24) is 10.6 Å². The molecular weight excluding hydrogens is 378 g/mol. The van der Waals surface area contributed by atoms with Crippen LogP contribution in [0.15, 0.2) is 48.5 Å². The van der Waals surface area contributed by atoms with Crippen LogP contribution < -0.4 is 16.4 Å². The Bertz CT molecular complexity index is 591. The van der Waals surface area contributed by atoms with Crippen molar-refractivity contribution < 1.29 is 0 Å². The predicted molar refractivity (Wildman–Crippen MR) is 129 cm³/mol. The molecule has 4 heteroatoms. The largest absolute Gasteiger partial charge is 0.330 e. The Morgan fingerprint density at radius 3 is 1.69 bits per heavy atom. The zero-order valence-electron chi connectivity index (χ0n) is 18.3. The molecule has 0 bridgehead atoms. The smallest absolute Gasteiger partial charge is 0.00734 e. The fourth-order valence-corrected chi connectivity index (χ4v) is 3.41. The molecule has 0 aliphatic rings. The number of nitrogens with one attached hydrogen (secondary N) is 2. The lowest BCUT2D eigenvalue weighted by Gasteiger charge is -2.19. The van der Waals surface area contributed by atoms with Crippen LogP contribution in [0.3, 0.4) is 0 Å². The molecule has 0 aliphatic carbocycles. The molecule has 0 saturated carbocycles. The van der Waals surface area contributed by atoms with Gasteiger partial charge < -0.3 is 16.4 Å². The van der Waals surface area contributed by atoms with Gasteiger partial charge in [0, 0.05) is 6.04 Å². The average Bonchev–Trinajstić information content (AvgIpc) is 2.71. The van der Waals surface area contributed by atoms with Crippen molar-refractivity contribution in [2.45, 2.75) is 58.4 Å². The van der Waals surface area contributed by atoms with Crippen LogP contribution in [-0.4, -0.2) is 32.2 Å². The second kappa shape index (κ2) is 15.4. The topological polar surface area (TPSA) is 50.1 Å². The molecule has 0 aliphatic heterocycles. The summed E-state index contributed by atoms with van der Waals surface area (Å²) in [6.45, 7) is 8.23. The lowest BCUT2D eigenvalue weighted by molar-refractivity contribution is 0.444. The van der Waals surface area contributed by atoms with Crippen molar-refractivity contribution in [3.05, 3.63) is 70.8 Å². The summed E-state index contributed by atoms with van der Waals surface area (Å²) >= 11 is 0. The summed E-state index contributed by atoms with van der Waals surface area (Å²) in [5.41, 5.74) is 11.1. The van der Waals surface area contributed by atoms with Crippen molar-refractivity contribution >= 4 is 12.4 Å². The van der Waals surface area contributed by atoms with E-state index in [-0.39, 0.29) is 12.4 Å². The maximum absolute atomic E-state index is 5.54. The molecule has 0 amide bonds. The van der Waals surface area contributed by atoms with Crippen LogP contribution in [0.25, 0.3) is 0 Å². The van der Waals surface area contributed by atoms with E-state index in [1.165, 1.54) is 35.1 Å². The van der Waals surface area contributed by atoms with E-state index in [0.29, 0.717) is 6.04 Å². The Morgan fingerprint density at radius 1 is 0.724 bits per heavy atom. The Morgan fingerprint density at radius 2 is 1.21 bits per heavy atom. The van der Waals surface area contributed by atoms with Crippen molar-refractivity contribution in [3.63, 3.8) is 0 Å². The van der Waals surface area contributed by atoms with Gasteiger partial charge in [0.1, 0.15) is 0 Å². The lowest BCUT2D eigenvalue weighted by Crippen LogP contribution is -2.32. The summed E-state index contributed by atoms with van der Waals surface area (Å²) in [6, 6.07) is 18.5. The first-order valence-corrected chi connectivity index (χ1v) is 10.9. The van der Waals surface area contributed by atoms with E-state index in [1.54, 1.807) is 0 Å². The van der Waals surface area contributed by atoms with E-state index < -0.39 is 0 Å². The Labute approximate surface area is 184 Å². The number of rotatable bonds is 14. The third-order valence-corrected chi connectivity index (χ3v) is 5.33. The molecule has 0 spiro atoms. The van der Waals surface area contributed by atoms with Crippen LogP contribution >= 0.6 is 12.4 Å². The molecule has 162 valence electrons. The van der Waals surface area contributed by atoms with Gasteiger partial charge in [0.15, 0.2) is 0 Å². The minimum Gasteiger partial charge on any atom is -0.330 e. The second-order valence-corrected chi connectivity index (χ2v) is 7.95. The van der Waals surface area contributed by atoms with Crippen LogP contribution in [0.2, 0.25) is 0 Å². The van der Waals surface area contributed by atoms with Gasteiger partial charge in [-0.2, -0.15) is 0 Å². The van der Waals surface area contributed by atoms with E-state index in [9.17, 15) is 0 Å². The minimum atomic E-state index is 0. The van der Waals surface area contributed by atoms with E-state index in [2.05, 4.69) is 73.0 Å². The molecule has 0 unspecified atom stereocenters.